The number of hydrogen-bond acceptors (Lipinski definition) is 1. The molecule has 1 aromatic heterocycles. The van der Waals surface area contributed by atoms with Crippen molar-refractivity contribution in [3.05, 3.63) is 34.0 Å². The highest BCUT2D eigenvalue weighted by Gasteiger charge is 2.32. The molecule has 0 saturated heterocycles. The molecule has 1 N–H and O–H groups in total. The SMILES string of the molecule is O=c1cc(F)cc(C(F)(F)F)[nH]1. The topological polar surface area (TPSA) is 32.9 Å². The lowest BCUT2D eigenvalue weighted by molar-refractivity contribution is -0.141. The van der Waals surface area contributed by atoms with Crippen molar-refractivity contribution in [1.29, 1.82) is 0 Å². The maximum Gasteiger partial charge on any atom is 0.431 e. The second kappa shape index (κ2) is 2.62. The summed E-state index contributed by atoms with van der Waals surface area (Å²) in [6.07, 6.45) is -4.72. The number of nitrogens with one attached hydrogen (secondary N) is 1. The summed E-state index contributed by atoms with van der Waals surface area (Å²) in [7, 11) is 0. The van der Waals surface area contributed by atoms with E-state index in [0.717, 1.165) is 0 Å². The van der Waals surface area contributed by atoms with Crippen molar-refractivity contribution in [3.63, 3.8) is 0 Å². The van der Waals surface area contributed by atoms with E-state index in [0.29, 0.717) is 6.07 Å². The van der Waals surface area contributed by atoms with E-state index in [2.05, 4.69) is 0 Å². The van der Waals surface area contributed by atoms with Gasteiger partial charge < -0.3 is 4.98 Å². The van der Waals surface area contributed by atoms with E-state index >= 15 is 0 Å². The first-order chi connectivity index (χ1) is 5.39. The van der Waals surface area contributed by atoms with Gasteiger partial charge >= 0.3 is 6.18 Å². The third-order valence-electron chi connectivity index (χ3n) is 1.11. The van der Waals surface area contributed by atoms with Crippen LogP contribution in [-0.2, 0) is 6.18 Å². The van der Waals surface area contributed by atoms with Crippen LogP contribution in [0.25, 0.3) is 0 Å². The van der Waals surface area contributed by atoms with Crippen LogP contribution in [0.5, 0.6) is 0 Å². The highest BCUT2D eigenvalue weighted by atomic mass is 19.4. The predicted octanol–water partition coefficient (Wildman–Crippen LogP) is 1.53. The van der Waals surface area contributed by atoms with Crippen LogP contribution in [0, 0.1) is 5.82 Å². The van der Waals surface area contributed by atoms with Crippen molar-refractivity contribution in [2.24, 2.45) is 0 Å². The number of alkyl halides is 3. The minimum Gasteiger partial charge on any atom is -0.318 e. The number of pyridine rings is 1. The van der Waals surface area contributed by atoms with Gasteiger partial charge in [0, 0.05) is 12.1 Å². The molecule has 0 atom stereocenters. The van der Waals surface area contributed by atoms with E-state index in [1.807, 2.05) is 0 Å². The molecule has 6 heteroatoms. The minimum atomic E-state index is -4.72. The summed E-state index contributed by atoms with van der Waals surface area (Å²) in [5.74, 6) is -1.20. The molecule has 0 saturated carbocycles. The quantitative estimate of drug-likeness (QED) is 0.605. The second-order valence-electron chi connectivity index (χ2n) is 2.07. The molecule has 2 nitrogen and oxygen atoms in total. The first kappa shape index (κ1) is 8.76. The summed E-state index contributed by atoms with van der Waals surface area (Å²) in [6, 6.07) is 0.663. The maximum atomic E-state index is 12.2. The number of aromatic nitrogens is 1. The lowest BCUT2D eigenvalue weighted by Gasteiger charge is -2.04. The number of H-pyrrole nitrogens is 1. The Morgan fingerprint density at radius 2 is 1.83 bits per heavy atom. The molecule has 0 spiro atoms. The van der Waals surface area contributed by atoms with Crippen molar-refractivity contribution in [1.82, 2.24) is 4.98 Å². The standard InChI is InChI=1S/C6H3F4NO/c7-3-1-4(6(8,9)10)11-5(12)2-3/h1-2H,(H,11,12). The van der Waals surface area contributed by atoms with E-state index in [1.165, 1.54) is 4.98 Å². The first-order valence-electron chi connectivity index (χ1n) is 2.86. The minimum absolute atomic E-state index is 0.224. The van der Waals surface area contributed by atoms with Gasteiger partial charge in [-0.3, -0.25) is 4.79 Å². The molecule has 0 aliphatic carbocycles. The van der Waals surface area contributed by atoms with Crippen LogP contribution >= 0.6 is 0 Å². The molecule has 0 aromatic carbocycles. The summed E-state index contributed by atoms with van der Waals surface area (Å²) < 4.78 is 47.7. The molecule has 0 radical (unpaired) electrons. The maximum absolute atomic E-state index is 12.2. The van der Waals surface area contributed by atoms with Gasteiger partial charge in [0.15, 0.2) is 0 Å². The number of hydrogen-bond donors (Lipinski definition) is 1. The molecular weight excluding hydrogens is 178 g/mol. The molecule has 0 unspecified atom stereocenters. The van der Waals surface area contributed by atoms with Crippen molar-refractivity contribution in [3.8, 4) is 0 Å². The Balaban J connectivity index is 3.27. The van der Waals surface area contributed by atoms with Crippen LogP contribution in [0.2, 0.25) is 0 Å². The Kier molecular flexibility index (Phi) is 1.91. The highest BCUT2D eigenvalue weighted by Crippen LogP contribution is 2.26. The second-order valence-corrected chi connectivity index (χ2v) is 2.07. The Morgan fingerprint density at radius 3 is 2.25 bits per heavy atom. The van der Waals surface area contributed by atoms with Crippen LogP contribution in [-0.4, -0.2) is 4.98 Å². The van der Waals surface area contributed by atoms with Gasteiger partial charge in [-0.25, -0.2) is 4.39 Å². The molecule has 0 aliphatic heterocycles. The number of rotatable bonds is 0. The fourth-order valence-corrected chi connectivity index (χ4v) is 0.662. The van der Waals surface area contributed by atoms with Gasteiger partial charge in [-0.1, -0.05) is 0 Å². The van der Waals surface area contributed by atoms with Gasteiger partial charge in [0.05, 0.1) is 0 Å². The average molecular weight is 181 g/mol. The van der Waals surface area contributed by atoms with Crippen LogP contribution in [0.15, 0.2) is 16.9 Å². The summed E-state index contributed by atoms with van der Waals surface area (Å²) in [5, 5.41) is 0. The molecule has 0 amide bonds. The molecule has 1 aromatic rings. The summed E-state index contributed by atoms with van der Waals surface area (Å²) in [6.45, 7) is 0. The molecule has 1 heterocycles. The van der Waals surface area contributed by atoms with E-state index in [1.54, 1.807) is 0 Å². The van der Waals surface area contributed by atoms with Gasteiger partial charge in [0.1, 0.15) is 11.5 Å². The third-order valence-corrected chi connectivity index (χ3v) is 1.11. The Labute approximate surface area is 63.8 Å². The number of aromatic amines is 1. The monoisotopic (exact) mass is 181 g/mol. The van der Waals surface area contributed by atoms with E-state index in [4.69, 9.17) is 0 Å². The molecule has 66 valence electrons. The van der Waals surface area contributed by atoms with E-state index < -0.39 is 23.2 Å². The summed E-state index contributed by atoms with van der Waals surface area (Å²) >= 11 is 0. The zero-order chi connectivity index (χ0) is 9.35. The van der Waals surface area contributed by atoms with E-state index in [-0.39, 0.29) is 6.07 Å². The zero-order valence-corrected chi connectivity index (χ0v) is 5.57. The average Bonchev–Trinajstić information content (AvgIpc) is 1.82. The van der Waals surface area contributed by atoms with Gasteiger partial charge in [0.2, 0.25) is 0 Å². The molecule has 12 heavy (non-hydrogen) atoms. The normalized spacial score (nSPS) is 11.7. The van der Waals surface area contributed by atoms with Crippen molar-refractivity contribution >= 4 is 0 Å². The van der Waals surface area contributed by atoms with Crippen LogP contribution in [0.4, 0.5) is 17.6 Å². The fourth-order valence-electron chi connectivity index (χ4n) is 0.662. The Bertz CT molecular complexity index is 340. The third kappa shape index (κ3) is 1.84. The van der Waals surface area contributed by atoms with E-state index in [9.17, 15) is 22.4 Å². The fraction of sp³-hybridized carbons (Fsp3) is 0.167. The lowest BCUT2D eigenvalue weighted by atomic mass is 10.3. The Hall–Kier alpha value is -1.33. The number of halogens is 4. The Morgan fingerprint density at radius 1 is 1.25 bits per heavy atom. The lowest BCUT2D eigenvalue weighted by Crippen LogP contribution is -2.16. The van der Waals surface area contributed by atoms with Gasteiger partial charge in [0.25, 0.3) is 5.56 Å². The molecular formula is C6H3F4NO. The van der Waals surface area contributed by atoms with Crippen molar-refractivity contribution < 1.29 is 17.6 Å². The van der Waals surface area contributed by atoms with Crippen LogP contribution < -0.4 is 5.56 Å². The molecule has 0 aliphatic rings. The smallest absolute Gasteiger partial charge is 0.318 e. The molecule has 0 bridgehead atoms. The first-order valence-corrected chi connectivity index (χ1v) is 2.86. The van der Waals surface area contributed by atoms with Crippen molar-refractivity contribution in [2.45, 2.75) is 6.18 Å². The molecule has 1 rings (SSSR count). The van der Waals surface area contributed by atoms with Crippen molar-refractivity contribution in [2.75, 3.05) is 0 Å². The van der Waals surface area contributed by atoms with Gasteiger partial charge in [-0.2, -0.15) is 13.2 Å². The summed E-state index contributed by atoms with van der Waals surface area (Å²) in [4.78, 5) is 11.8. The zero-order valence-electron chi connectivity index (χ0n) is 5.57. The highest BCUT2D eigenvalue weighted by molar-refractivity contribution is 5.09. The largest absolute Gasteiger partial charge is 0.431 e. The summed E-state index contributed by atoms with van der Waals surface area (Å²) in [5.41, 5.74) is -2.49. The molecule has 0 fully saturated rings. The van der Waals surface area contributed by atoms with Gasteiger partial charge in [-0.05, 0) is 0 Å². The van der Waals surface area contributed by atoms with Crippen LogP contribution in [0.3, 0.4) is 0 Å². The van der Waals surface area contributed by atoms with Crippen LogP contribution in [0.1, 0.15) is 5.69 Å². The predicted molar refractivity (Wildman–Crippen MR) is 32.0 cm³/mol. The van der Waals surface area contributed by atoms with Gasteiger partial charge in [-0.15, -0.1) is 0 Å².